The quantitative estimate of drug-likeness (QED) is 0.847. The van der Waals surface area contributed by atoms with Crippen LogP contribution in [-0.4, -0.2) is 20.9 Å². The van der Waals surface area contributed by atoms with E-state index in [0.29, 0.717) is 6.54 Å². The Hall–Kier alpha value is -1.000. The summed E-state index contributed by atoms with van der Waals surface area (Å²) in [7, 11) is 0. The molecule has 1 aromatic heterocycles. The molecule has 0 amide bonds. The van der Waals surface area contributed by atoms with Crippen molar-refractivity contribution in [1.29, 1.82) is 0 Å². The molecule has 0 spiro atoms. The normalized spacial score (nSPS) is 9.69. The minimum atomic E-state index is -1.01. The fourth-order valence-electron chi connectivity index (χ4n) is 0.736. The van der Waals surface area contributed by atoms with E-state index in [1.54, 1.807) is 0 Å². The van der Waals surface area contributed by atoms with Crippen LogP contribution in [0.3, 0.4) is 0 Å². The SMILES string of the molecule is O=C(O)c1cnn(CC=C(Cl)Cl)c1. The highest BCUT2D eigenvalue weighted by molar-refractivity contribution is 6.55. The molecule has 4 nitrogen and oxygen atoms in total. The summed E-state index contributed by atoms with van der Waals surface area (Å²) in [6.45, 7) is 0.357. The maximum Gasteiger partial charge on any atom is 0.338 e. The van der Waals surface area contributed by atoms with Gasteiger partial charge in [0.1, 0.15) is 4.49 Å². The number of aromatic nitrogens is 2. The lowest BCUT2D eigenvalue weighted by atomic mass is 10.4. The van der Waals surface area contributed by atoms with E-state index in [4.69, 9.17) is 28.3 Å². The van der Waals surface area contributed by atoms with Gasteiger partial charge in [0.05, 0.1) is 18.3 Å². The van der Waals surface area contributed by atoms with Gasteiger partial charge in [0, 0.05) is 6.20 Å². The van der Waals surface area contributed by atoms with Crippen LogP contribution in [-0.2, 0) is 6.54 Å². The summed E-state index contributed by atoms with van der Waals surface area (Å²) >= 11 is 10.7. The first-order valence-corrected chi connectivity index (χ1v) is 4.12. The Morgan fingerprint density at radius 3 is 2.85 bits per heavy atom. The largest absolute Gasteiger partial charge is 0.478 e. The molecule has 13 heavy (non-hydrogen) atoms. The third-order valence-corrected chi connectivity index (χ3v) is 1.62. The van der Waals surface area contributed by atoms with E-state index in [-0.39, 0.29) is 10.1 Å². The number of hydrogen-bond donors (Lipinski definition) is 1. The maximum absolute atomic E-state index is 10.4. The summed E-state index contributed by atoms with van der Waals surface area (Å²) in [5.74, 6) is -1.01. The lowest BCUT2D eigenvalue weighted by molar-refractivity contribution is 0.0697. The number of halogens is 2. The predicted octanol–water partition coefficient (Wildman–Crippen LogP) is 1.90. The van der Waals surface area contributed by atoms with Gasteiger partial charge in [-0.2, -0.15) is 5.10 Å². The first-order chi connectivity index (χ1) is 6.09. The number of hydrogen-bond acceptors (Lipinski definition) is 2. The highest BCUT2D eigenvalue weighted by Crippen LogP contribution is 2.06. The first kappa shape index (κ1) is 10.1. The predicted molar refractivity (Wildman–Crippen MR) is 49.0 cm³/mol. The van der Waals surface area contributed by atoms with Crippen LogP contribution in [0.15, 0.2) is 23.0 Å². The summed E-state index contributed by atoms with van der Waals surface area (Å²) < 4.78 is 1.56. The van der Waals surface area contributed by atoms with Crippen molar-refractivity contribution in [2.45, 2.75) is 6.54 Å². The van der Waals surface area contributed by atoms with Crippen LogP contribution in [0.4, 0.5) is 0 Å². The molecule has 0 fully saturated rings. The monoisotopic (exact) mass is 220 g/mol. The van der Waals surface area contributed by atoms with Gasteiger partial charge in [-0.25, -0.2) is 4.79 Å². The Bertz CT molecular complexity index is 342. The Balaban J connectivity index is 2.70. The number of carboxylic acid groups (broad SMARTS) is 1. The molecule has 70 valence electrons. The summed E-state index contributed by atoms with van der Waals surface area (Å²) in [5, 5.41) is 12.3. The van der Waals surface area contributed by atoms with E-state index in [1.807, 2.05) is 0 Å². The summed E-state index contributed by atoms with van der Waals surface area (Å²) in [5.41, 5.74) is 0.138. The van der Waals surface area contributed by atoms with E-state index in [0.717, 1.165) is 0 Å². The number of carboxylic acids is 1. The van der Waals surface area contributed by atoms with Crippen LogP contribution < -0.4 is 0 Å². The second kappa shape index (κ2) is 4.30. The molecule has 1 N–H and O–H groups in total. The molecule has 0 aliphatic carbocycles. The van der Waals surface area contributed by atoms with Gasteiger partial charge < -0.3 is 5.11 Å². The summed E-state index contributed by atoms with van der Waals surface area (Å²) in [6, 6.07) is 0. The Kier molecular flexibility index (Phi) is 3.33. The average Bonchev–Trinajstić information content (AvgIpc) is 2.48. The molecular formula is C7H6Cl2N2O2. The number of aromatic carboxylic acids is 1. The minimum absolute atomic E-state index is 0.132. The molecule has 0 saturated heterocycles. The van der Waals surface area contributed by atoms with Crippen molar-refractivity contribution in [3.63, 3.8) is 0 Å². The Labute approximate surface area is 84.4 Å². The van der Waals surface area contributed by atoms with Crippen LogP contribution >= 0.6 is 23.2 Å². The number of carbonyl (C=O) groups is 1. The Morgan fingerprint density at radius 1 is 1.69 bits per heavy atom. The molecule has 0 aliphatic rings. The second-order valence-electron chi connectivity index (χ2n) is 2.25. The van der Waals surface area contributed by atoms with Crippen LogP contribution in [0.1, 0.15) is 10.4 Å². The van der Waals surface area contributed by atoms with Crippen LogP contribution in [0.5, 0.6) is 0 Å². The standard InChI is InChI=1S/C7H6Cl2N2O2/c8-6(9)1-2-11-4-5(3-10-11)7(12)13/h1,3-4H,2H2,(H,12,13). The van der Waals surface area contributed by atoms with Gasteiger partial charge >= 0.3 is 5.97 Å². The number of rotatable bonds is 3. The van der Waals surface area contributed by atoms with Crippen molar-refractivity contribution in [1.82, 2.24) is 9.78 Å². The first-order valence-electron chi connectivity index (χ1n) is 3.36. The fourth-order valence-corrected chi connectivity index (χ4v) is 0.874. The van der Waals surface area contributed by atoms with Gasteiger partial charge in [0.25, 0.3) is 0 Å². The van der Waals surface area contributed by atoms with Crippen LogP contribution in [0, 0.1) is 0 Å². The highest BCUT2D eigenvalue weighted by atomic mass is 35.5. The molecule has 1 rings (SSSR count). The molecule has 1 aromatic rings. The van der Waals surface area contributed by atoms with Crippen molar-refractivity contribution >= 4 is 29.2 Å². The van der Waals surface area contributed by atoms with Gasteiger partial charge in [0.2, 0.25) is 0 Å². The molecule has 0 saturated carbocycles. The van der Waals surface area contributed by atoms with Gasteiger partial charge in [-0.05, 0) is 6.08 Å². The molecule has 0 bridgehead atoms. The van der Waals surface area contributed by atoms with Crippen molar-refractivity contribution in [2.24, 2.45) is 0 Å². The molecule has 0 aromatic carbocycles. The van der Waals surface area contributed by atoms with E-state index < -0.39 is 5.97 Å². The van der Waals surface area contributed by atoms with Crippen molar-refractivity contribution < 1.29 is 9.90 Å². The fraction of sp³-hybridized carbons (Fsp3) is 0.143. The molecule has 1 heterocycles. The average molecular weight is 221 g/mol. The lowest BCUT2D eigenvalue weighted by Crippen LogP contribution is -1.96. The minimum Gasteiger partial charge on any atom is -0.478 e. The van der Waals surface area contributed by atoms with E-state index >= 15 is 0 Å². The van der Waals surface area contributed by atoms with Crippen molar-refractivity contribution in [3.8, 4) is 0 Å². The van der Waals surface area contributed by atoms with Crippen LogP contribution in [0.2, 0.25) is 0 Å². The third-order valence-electron chi connectivity index (χ3n) is 1.31. The van der Waals surface area contributed by atoms with E-state index in [2.05, 4.69) is 5.10 Å². The molecule has 6 heteroatoms. The smallest absolute Gasteiger partial charge is 0.338 e. The van der Waals surface area contributed by atoms with Gasteiger partial charge in [0.15, 0.2) is 0 Å². The number of nitrogens with zero attached hydrogens (tertiary/aromatic N) is 2. The van der Waals surface area contributed by atoms with Gasteiger partial charge in [-0.3, -0.25) is 4.68 Å². The molecular weight excluding hydrogens is 215 g/mol. The summed E-state index contributed by atoms with van der Waals surface area (Å²) in [6.07, 6.45) is 4.18. The Morgan fingerprint density at radius 2 is 2.38 bits per heavy atom. The molecule has 0 aliphatic heterocycles. The second-order valence-corrected chi connectivity index (χ2v) is 3.26. The van der Waals surface area contributed by atoms with Gasteiger partial charge in [-0.15, -0.1) is 0 Å². The molecule has 0 unspecified atom stereocenters. The van der Waals surface area contributed by atoms with Crippen molar-refractivity contribution in [2.75, 3.05) is 0 Å². The highest BCUT2D eigenvalue weighted by Gasteiger charge is 2.04. The topological polar surface area (TPSA) is 55.1 Å². The zero-order chi connectivity index (χ0) is 9.84. The maximum atomic E-state index is 10.4. The number of allylic oxidation sites excluding steroid dienone is 1. The molecule has 0 atom stereocenters. The van der Waals surface area contributed by atoms with Gasteiger partial charge in [-0.1, -0.05) is 23.2 Å². The summed E-state index contributed by atoms with van der Waals surface area (Å²) in [4.78, 5) is 10.4. The lowest BCUT2D eigenvalue weighted by Gasteiger charge is -1.92. The molecule has 0 radical (unpaired) electrons. The third kappa shape index (κ3) is 3.08. The zero-order valence-electron chi connectivity index (χ0n) is 6.44. The van der Waals surface area contributed by atoms with E-state index in [9.17, 15) is 4.79 Å². The van der Waals surface area contributed by atoms with E-state index in [1.165, 1.54) is 23.2 Å². The zero-order valence-corrected chi connectivity index (χ0v) is 7.96. The van der Waals surface area contributed by atoms with Crippen molar-refractivity contribution in [3.05, 3.63) is 28.5 Å². The van der Waals surface area contributed by atoms with Crippen LogP contribution in [0.25, 0.3) is 0 Å².